The van der Waals surface area contributed by atoms with E-state index in [1.807, 2.05) is 19.1 Å². The average Bonchev–Trinajstić information content (AvgIpc) is 3.13. The average molecular weight is 650 g/mol. The number of esters is 1. The Balaban J connectivity index is 1.70. The minimum atomic E-state index is -0.545. The van der Waals surface area contributed by atoms with Crippen LogP contribution in [0.3, 0.4) is 0 Å². The van der Waals surface area contributed by atoms with Gasteiger partial charge >= 0.3 is 5.97 Å². The first-order valence-corrected chi connectivity index (χ1v) is 13.7. The lowest BCUT2D eigenvalue weighted by atomic mass is 10.1. The molecule has 7 nitrogen and oxygen atoms in total. The summed E-state index contributed by atoms with van der Waals surface area (Å²) in [6, 6.07) is 17.6. The number of thiocarbonyl (C=S) groups is 1. The number of rotatable bonds is 9. The van der Waals surface area contributed by atoms with Gasteiger partial charge < -0.3 is 19.1 Å². The largest absolute Gasteiger partial charge is 0.490 e. The Hall–Kier alpha value is -3.11. The van der Waals surface area contributed by atoms with Crippen molar-refractivity contribution in [2.45, 2.75) is 13.5 Å². The molecule has 0 aliphatic carbocycles. The third kappa shape index (κ3) is 6.73. The van der Waals surface area contributed by atoms with Gasteiger partial charge in [-0.1, -0.05) is 35.3 Å². The highest BCUT2D eigenvalue weighted by Gasteiger charge is 2.40. The summed E-state index contributed by atoms with van der Waals surface area (Å²) in [5, 5.41) is 1.31. The highest BCUT2D eigenvalue weighted by Crippen LogP contribution is 2.39. The van der Waals surface area contributed by atoms with Crippen molar-refractivity contribution in [3.8, 4) is 11.5 Å². The van der Waals surface area contributed by atoms with Crippen molar-refractivity contribution in [2.75, 3.05) is 25.2 Å². The van der Waals surface area contributed by atoms with Crippen LogP contribution in [0, 0.1) is 0 Å². The summed E-state index contributed by atoms with van der Waals surface area (Å²) < 4.78 is 17.4. The number of benzene rings is 3. The topological polar surface area (TPSA) is 68.3 Å². The molecule has 1 heterocycles. The standard InChI is InChI=1S/C28H23BrCl2N2O5S/c1-3-37-24-14-18(12-22(29)26(24)38-16-17-4-6-19(30)7-5-17)13-23-27(35)33(21-10-8-20(31)9-11-21)28(39)32(23)15-25(34)36-2/h4-14H,3,15-16H2,1-2H3/b23-13-. The van der Waals surface area contributed by atoms with E-state index in [-0.39, 0.29) is 17.4 Å². The zero-order valence-electron chi connectivity index (χ0n) is 20.9. The van der Waals surface area contributed by atoms with Crippen molar-refractivity contribution in [1.82, 2.24) is 4.90 Å². The fourth-order valence-electron chi connectivity index (χ4n) is 3.81. The van der Waals surface area contributed by atoms with Gasteiger partial charge in [-0.2, -0.15) is 0 Å². The quantitative estimate of drug-likeness (QED) is 0.142. The second-order valence-electron chi connectivity index (χ2n) is 8.27. The molecule has 0 aromatic heterocycles. The predicted octanol–water partition coefficient (Wildman–Crippen LogP) is 6.88. The second-order valence-corrected chi connectivity index (χ2v) is 10.4. The minimum absolute atomic E-state index is 0.144. The van der Waals surface area contributed by atoms with Crippen LogP contribution in [-0.2, 0) is 20.9 Å². The van der Waals surface area contributed by atoms with E-state index in [9.17, 15) is 9.59 Å². The molecule has 0 N–H and O–H groups in total. The molecule has 1 saturated heterocycles. The molecule has 1 amide bonds. The first kappa shape index (κ1) is 28.9. The summed E-state index contributed by atoms with van der Waals surface area (Å²) >= 11 is 21.2. The van der Waals surface area contributed by atoms with E-state index in [1.165, 1.54) is 16.9 Å². The molecule has 0 atom stereocenters. The molecule has 0 unspecified atom stereocenters. The van der Waals surface area contributed by atoms with Gasteiger partial charge in [-0.25, -0.2) is 0 Å². The second kappa shape index (κ2) is 12.8. The summed E-state index contributed by atoms with van der Waals surface area (Å²) in [4.78, 5) is 28.6. The van der Waals surface area contributed by atoms with Gasteiger partial charge in [-0.15, -0.1) is 0 Å². The molecule has 3 aromatic carbocycles. The summed E-state index contributed by atoms with van der Waals surface area (Å²) in [6.45, 7) is 2.32. The Morgan fingerprint density at radius 3 is 2.28 bits per heavy atom. The Labute approximate surface area is 250 Å². The highest BCUT2D eigenvalue weighted by molar-refractivity contribution is 9.10. The van der Waals surface area contributed by atoms with Crippen LogP contribution in [0.2, 0.25) is 10.0 Å². The van der Waals surface area contributed by atoms with Gasteiger partial charge in [0, 0.05) is 10.0 Å². The van der Waals surface area contributed by atoms with Crippen LogP contribution in [0.25, 0.3) is 6.08 Å². The van der Waals surface area contributed by atoms with Crippen LogP contribution in [0.15, 0.2) is 70.8 Å². The molecule has 39 heavy (non-hydrogen) atoms. The zero-order valence-corrected chi connectivity index (χ0v) is 24.9. The van der Waals surface area contributed by atoms with E-state index in [0.29, 0.717) is 50.5 Å². The third-order valence-electron chi connectivity index (χ3n) is 5.67. The van der Waals surface area contributed by atoms with Gasteiger partial charge in [0.25, 0.3) is 5.91 Å². The van der Waals surface area contributed by atoms with Gasteiger partial charge in [0.2, 0.25) is 0 Å². The molecule has 0 spiro atoms. The first-order chi connectivity index (χ1) is 18.7. The Kier molecular flexibility index (Phi) is 9.50. The highest BCUT2D eigenvalue weighted by atomic mass is 79.9. The number of halogens is 3. The molecule has 1 aliphatic heterocycles. The summed E-state index contributed by atoms with van der Waals surface area (Å²) in [7, 11) is 1.28. The van der Waals surface area contributed by atoms with E-state index in [0.717, 1.165) is 5.56 Å². The smallest absolute Gasteiger partial charge is 0.325 e. The van der Waals surface area contributed by atoms with Crippen molar-refractivity contribution in [3.05, 3.63) is 92.0 Å². The molecule has 1 fully saturated rings. The number of amides is 1. The molecular weight excluding hydrogens is 627 g/mol. The van der Waals surface area contributed by atoms with Crippen LogP contribution >= 0.6 is 51.3 Å². The van der Waals surface area contributed by atoms with Crippen LogP contribution in [0.5, 0.6) is 11.5 Å². The van der Waals surface area contributed by atoms with E-state index in [4.69, 9.17) is 49.6 Å². The number of nitrogens with zero attached hydrogens (tertiary/aromatic N) is 2. The molecule has 202 valence electrons. The first-order valence-electron chi connectivity index (χ1n) is 11.8. The molecular formula is C28H23BrCl2N2O5S. The van der Waals surface area contributed by atoms with Crippen molar-refractivity contribution in [1.29, 1.82) is 0 Å². The van der Waals surface area contributed by atoms with Crippen LogP contribution in [-0.4, -0.2) is 42.2 Å². The zero-order chi connectivity index (χ0) is 28.1. The normalized spacial score (nSPS) is 14.2. The fraction of sp³-hybridized carbons (Fsp3) is 0.179. The number of carbonyl (C=O) groups excluding carboxylic acids is 2. The van der Waals surface area contributed by atoms with E-state index in [2.05, 4.69) is 15.9 Å². The van der Waals surface area contributed by atoms with Crippen molar-refractivity contribution in [2.24, 2.45) is 0 Å². The van der Waals surface area contributed by atoms with E-state index in [1.54, 1.807) is 54.6 Å². The van der Waals surface area contributed by atoms with Gasteiger partial charge in [-0.3, -0.25) is 14.5 Å². The fourth-order valence-corrected chi connectivity index (χ4v) is 4.99. The Bertz CT molecular complexity index is 1430. The van der Waals surface area contributed by atoms with Gasteiger partial charge in [0.1, 0.15) is 18.8 Å². The number of hydrogen-bond donors (Lipinski definition) is 0. The van der Waals surface area contributed by atoms with E-state index >= 15 is 0 Å². The molecule has 0 radical (unpaired) electrons. The Morgan fingerprint density at radius 2 is 1.67 bits per heavy atom. The summed E-state index contributed by atoms with van der Waals surface area (Å²) in [5.41, 5.74) is 2.29. The number of methoxy groups -OCH3 is 1. The maximum atomic E-state index is 13.6. The minimum Gasteiger partial charge on any atom is -0.490 e. The summed E-state index contributed by atoms with van der Waals surface area (Å²) in [5.74, 6) is 0.0470. The van der Waals surface area contributed by atoms with Crippen molar-refractivity contribution in [3.63, 3.8) is 0 Å². The molecule has 1 aliphatic rings. The Morgan fingerprint density at radius 1 is 1.03 bits per heavy atom. The van der Waals surface area contributed by atoms with Gasteiger partial charge in [0.05, 0.1) is 23.9 Å². The van der Waals surface area contributed by atoms with Crippen molar-refractivity contribution < 1.29 is 23.8 Å². The SMILES string of the molecule is CCOc1cc(/C=C2/C(=O)N(c3ccc(Cl)cc3)C(=S)N2CC(=O)OC)cc(Br)c1OCc1ccc(Cl)cc1. The molecule has 4 rings (SSSR count). The lowest BCUT2D eigenvalue weighted by molar-refractivity contribution is -0.140. The molecule has 3 aromatic rings. The predicted molar refractivity (Wildman–Crippen MR) is 159 cm³/mol. The lowest BCUT2D eigenvalue weighted by Crippen LogP contribution is -2.35. The van der Waals surface area contributed by atoms with Crippen LogP contribution < -0.4 is 14.4 Å². The van der Waals surface area contributed by atoms with Crippen LogP contribution in [0.4, 0.5) is 5.69 Å². The summed E-state index contributed by atoms with van der Waals surface area (Å²) in [6.07, 6.45) is 1.64. The lowest BCUT2D eigenvalue weighted by Gasteiger charge is -2.19. The third-order valence-corrected chi connectivity index (χ3v) is 7.16. The van der Waals surface area contributed by atoms with Crippen LogP contribution in [0.1, 0.15) is 18.1 Å². The molecule has 0 bridgehead atoms. The van der Waals surface area contributed by atoms with E-state index < -0.39 is 11.9 Å². The maximum absolute atomic E-state index is 13.6. The van der Waals surface area contributed by atoms with Gasteiger partial charge in [-0.05, 0) is 101 Å². The number of hydrogen-bond acceptors (Lipinski definition) is 6. The van der Waals surface area contributed by atoms with Crippen molar-refractivity contribution >= 4 is 80.1 Å². The monoisotopic (exact) mass is 648 g/mol. The molecule has 0 saturated carbocycles. The number of ether oxygens (including phenoxy) is 3. The number of anilines is 1. The van der Waals surface area contributed by atoms with Gasteiger partial charge in [0.15, 0.2) is 16.6 Å². The maximum Gasteiger partial charge on any atom is 0.325 e. The molecule has 11 heteroatoms. The number of carbonyl (C=O) groups is 2.